The summed E-state index contributed by atoms with van der Waals surface area (Å²) in [5.41, 5.74) is 6.76. The summed E-state index contributed by atoms with van der Waals surface area (Å²) in [6, 6.07) is 11.4. The summed E-state index contributed by atoms with van der Waals surface area (Å²) in [6.07, 6.45) is 0.836. The molecule has 21 heavy (non-hydrogen) atoms. The van der Waals surface area contributed by atoms with Crippen LogP contribution < -0.4 is 10.5 Å². The van der Waals surface area contributed by atoms with Gasteiger partial charge in [-0.05, 0) is 36.2 Å². The van der Waals surface area contributed by atoms with Crippen LogP contribution >= 0.6 is 11.6 Å². The highest BCUT2D eigenvalue weighted by molar-refractivity contribution is 6.30. The Morgan fingerprint density at radius 1 is 1.29 bits per heavy atom. The summed E-state index contributed by atoms with van der Waals surface area (Å²) in [6.45, 7) is 2.01. The largest absolute Gasteiger partial charge is 0.450 e. The maximum Gasteiger partial charge on any atom is 0.313 e. The standard InChI is InChI=1S/C15H15ClN2O3/c1-2-13(17)10-3-6-12(7-4-10)21-15-8-5-11(16)9-14(15)18(19)20/h3-9,13H,2,17H2,1H3. The number of nitrogens with two attached hydrogens (primary N) is 1. The fraction of sp³-hybridized carbons (Fsp3) is 0.200. The zero-order valence-electron chi connectivity index (χ0n) is 11.5. The minimum absolute atomic E-state index is 0.0241. The van der Waals surface area contributed by atoms with E-state index in [-0.39, 0.29) is 17.5 Å². The third-order valence-electron chi connectivity index (χ3n) is 3.09. The highest BCUT2D eigenvalue weighted by Gasteiger charge is 2.16. The molecule has 0 aliphatic carbocycles. The lowest BCUT2D eigenvalue weighted by Crippen LogP contribution is -2.08. The van der Waals surface area contributed by atoms with Crippen LogP contribution in [0, 0.1) is 10.1 Å². The Hall–Kier alpha value is -2.11. The van der Waals surface area contributed by atoms with Gasteiger partial charge in [0.05, 0.1) is 4.92 Å². The Morgan fingerprint density at radius 3 is 2.52 bits per heavy atom. The average Bonchev–Trinajstić information content (AvgIpc) is 2.49. The van der Waals surface area contributed by atoms with E-state index in [9.17, 15) is 10.1 Å². The van der Waals surface area contributed by atoms with Crippen molar-refractivity contribution < 1.29 is 9.66 Å². The Kier molecular flexibility index (Phi) is 4.77. The first-order valence-electron chi connectivity index (χ1n) is 6.48. The first-order chi connectivity index (χ1) is 10.0. The van der Waals surface area contributed by atoms with Crippen molar-refractivity contribution in [3.8, 4) is 11.5 Å². The van der Waals surface area contributed by atoms with Gasteiger partial charge in [0.2, 0.25) is 5.75 Å². The molecular weight excluding hydrogens is 292 g/mol. The molecule has 5 nitrogen and oxygen atoms in total. The van der Waals surface area contributed by atoms with Gasteiger partial charge in [0.25, 0.3) is 0 Å². The number of benzene rings is 2. The van der Waals surface area contributed by atoms with Crippen molar-refractivity contribution >= 4 is 17.3 Å². The van der Waals surface area contributed by atoms with Gasteiger partial charge in [0.1, 0.15) is 5.75 Å². The van der Waals surface area contributed by atoms with E-state index in [1.165, 1.54) is 12.1 Å². The molecule has 0 aliphatic rings. The minimum Gasteiger partial charge on any atom is -0.450 e. The normalized spacial score (nSPS) is 12.0. The van der Waals surface area contributed by atoms with Crippen molar-refractivity contribution in [2.45, 2.75) is 19.4 Å². The van der Waals surface area contributed by atoms with E-state index >= 15 is 0 Å². The molecule has 0 fully saturated rings. The van der Waals surface area contributed by atoms with E-state index < -0.39 is 4.92 Å². The number of nitrogens with zero attached hydrogens (tertiary/aromatic N) is 1. The molecule has 110 valence electrons. The van der Waals surface area contributed by atoms with E-state index in [4.69, 9.17) is 22.1 Å². The molecule has 6 heteroatoms. The fourth-order valence-corrected chi connectivity index (χ4v) is 2.03. The van der Waals surface area contributed by atoms with Crippen LogP contribution in [0.15, 0.2) is 42.5 Å². The second-order valence-electron chi connectivity index (χ2n) is 4.55. The smallest absolute Gasteiger partial charge is 0.313 e. The molecule has 0 saturated carbocycles. The molecule has 0 heterocycles. The zero-order valence-corrected chi connectivity index (χ0v) is 12.2. The molecule has 2 aromatic carbocycles. The first kappa shape index (κ1) is 15.3. The predicted molar refractivity (Wildman–Crippen MR) is 81.8 cm³/mol. The van der Waals surface area contributed by atoms with Gasteiger partial charge in [-0.3, -0.25) is 10.1 Å². The number of ether oxygens (including phenoxy) is 1. The first-order valence-corrected chi connectivity index (χ1v) is 6.86. The van der Waals surface area contributed by atoms with Crippen molar-refractivity contribution in [3.05, 3.63) is 63.2 Å². The predicted octanol–water partition coefficient (Wildman–Crippen LogP) is 4.45. The highest BCUT2D eigenvalue weighted by atomic mass is 35.5. The lowest BCUT2D eigenvalue weighted by Gasteiger charge is -2.11. The topological polar surface area (TPSA) is 78.4 Å². The van der Waals surface area contributed by atoms with E-state index in [1.807, 2.05) is 19.1 Å². The summed E-state index contributed by atoms with van der Waals surface area (Å²) < 4.78 is 5.55. The van der Waals surface area contributed by atoms with Gasteiger partial charge in [-0.2, -0.15) is 0 Å². The summed E-state index contributed by atoms with van der Waals surface area (Å²) in [7, 11) is 0. The molecule has 0 aromatic heterocycles. The molecule has 2 rings (SSSR count). The number of nitro benzene ring substituents is 1. The minimum atomic E-state index is -0.525. The molecule has 0 saturated heterocycles. The molecule has 1 unspecified atom stereocenters. The van der Waals surface area contributed by atoms with Gasteiger partial charge in [-0.1, -0.05) is 30.7 Å². The van der Waals surface area contributed by atoms with Gasteiger partial charge in [-0.25, -0.2) is 0 Å². The summed E-state index contributed by atoms with van der Waals surface area (Å²) >= 11 is 5.76. The highest BCUT2D eigenvalue weighted by Crippen LogP contribution is 2.33. The number of halogens is 1. The van der Waals surface area contributed by atoms with Crippen LogP contribution in [0.25, 0.3) is 0 Å². The van der Waals surface area contributed by atoms with Crippen LogP contribution in [0.5, 0.6) is 11.5 Å². The molecule has 0 amide bonds. The van der Waals surface area contributed by atoms with Crippen molar-refractivity contribution in [2.24, 2.45) is 5.73 Å². The van der Waals surface area contributed by atoms with E-state index in [1.54, 1.807) is 18.2 Å². The number of rotatable bonds is 5. The Balaban J connectivity index is 2.24. The van der Waals surface area contributed by atoms with Crippen LogP contribution in [-0.2, 0) is 0 Å². The van der Waals surface area contributed by atoms with Crippen LogP contribution in [0.4, 0.5) is 5.69 Å². The Morgan fingerprint density at radius 2 is 1.95 bits per heavy atom. The maximum atomic E-state index is 11.0. The van der Waals surface area contributed by atoms with E-state index in [2.05, 4.69) is 0 Å². The average molecular weight is 307 g/mol. The number of hydrogen-bond donors (Lipinski definition) is 1. The number of nitro groups is 1. The maximum absolute atomic E-state index is 11.0. The summed E-state index contributed by atoms with van der Waals surface area (Å²) in [4.78, 5) is 10.5. The third-order valence-corrected chi connectivity index (χ3v) is 3.33. The second kappa shape index (κ2) is 6.56. The number of hydrogen-bond acceptors (Lipinski definition) is 4. The molecule has 2 aromatic rings. The van der Waals surface area contributed by atoms with Gasteiger partial charge in [0, 0.05) is 17.1 Å². The monoisotopic (exact) mass is 306 g/mol. The molecule has 0 radical (unpaired) electrons. The molecule has 0 spiro atoms. The fourth-order valence-electron chi connectivity index (χ4n) is 1.87. The van der Waals surface area contributed by atoms with Crippen molar-refractivity contribution in [1.82, 2.24) is 0 Å². The third kappa shape index (κ3) is 3.71. The second-order valence-corrected chi connectivity index (χ2v) is 4.99. The Labute approximate surface area is 127 Å². The molecule has 2 N–H and O–H groups in total. The van der Waals surface area contributed by atoms with Crippen LogP contribution in [0.1, 0.15) is 24.9 Å². The summed E-state index contributed by atoms with van der Waals surface area (Å²) in [5, 5.41) is 11.3. The van der Waals surface area contributed by atoms with Gasteiger partial charge in [0.15, 0.2) is 0 Å². The SMILES string of the molecule is CCC(N)c1ccc(Oc2ccc(Cl)cc2[N+](=O)[O-])cc1. The van der Waals surface area contributed by atoms with Crippen molar-refractivity contribution in [3.63, 3.8) is 0 Å². The van der Waals surface area contributed by atoms with Gasteiger partial charge >= 0.3 is 5.69 Å². The Bertz CT molecular complexity index is 644. The van der Waals surface area contributed by atoms with Crippen LogP contribution in [0.2, 0.25) is 5.02 Å². The van der Waals surface area contributed by atoms with Crippen molar-refractivity contribution in [1.29, 1.82) is 0 Å². The molecule has 1 atom stereocenters. The van der Waals surface area contributed by atoms with E-state index in [0.717, 1.165) is 12.0 Å². The lowest BCUT2D eigenvalue weighted by molar-refractivity contribution is -0.385. The van der Waals surface area contributed by atoms with Crippen LogP contribution in [0.3, 0.4) is 0 Å². The van der Waals surface area contributed by atoms with Crippen molar-refractivity contribution in [2.75, 3.05) is 0 Å². The zero-order chi connectivity index (χ0) is 15.4. The van der Waals surface area contributed by atoms with E-state index in [0.29, 0.717) is 10.8 Å². The molecule has 0 bridgehead atoms. The quantitative estimate of drug-likeness (QED) is 0.654. The van der Waals surface area contributed by atoms with Gasteiger partial charge < -0.3 is 10.5 Å². The summed E-state index contributed by atoms with van der Waals surface area (Å²) in [5.74, 6) is 0.657. The molecule has 0 aliphatic heterocycles. The lowest BCUT2D eigenvalue weighted by atomic mass is 10.1. The van der Waals surface area contributed by atoms with Gasteiger partial charge in [-0.15, -0.1) is 0 Å². The van der Waals surface area contributed by atoms with Crippen LogP contribution in [-0.4, -0.2) is 4.92 Å². The molecular formula is C15H15ClN2O3.